The SMILES string of the molecule is CCOC(=O)C1CCCN(C(CC)c2ccc(F)cc2)C1. The number of esters is 1. The van der Waals surface area contributed by atoms with Crippen LogP contribution in [-0.2, 0) is 9.53 Å². The zero-order valence-corrected chi connectivity index (χ0v) is 12.8. The summed E-state index contributed by atoms with van der Waals surface area (Å²) in [5.74, 6) is -0.332. The lowest BCUT2D eigenvalue weighted by Crippen LogP contribution is -2.41. The van der Waals surface area contributed by atoms with Gasteiger partial charge in [0, 0.05) is 12.6 Å². The third-order valence-electron chi connectivity index (χ3n) is 4.15. The molecule has 0 N–H and O–H groups in total. The molecular formula is C17H24FNO2. The Morgan fingerprint density at radius 3 is 2.71 bits per heavy atom. The van der Waals surface area contributed by atoms with Crippen molar-refractivity contribution in [2.45, 2.75) is 39.2 Å². The minimum absolute atomic E-state index is 0.0341. The van der Waals surface area contributed by atoms with E-state index in [2.05, 4.69) is 11.8 Å². The molecule has 1 aliphatic heterocycles. The van der Waals surface area contributed by atoms with Crippen molar-refractivity contribution in [3.8, 4) is 0 Å². The Morgan fingerprint density at radius 2 is 2.10 bits per heavy atom. The smallest absolute Gasteiger partial charge is 0.310 e. The molecule has 1 aromatic carbocycles. The molecule has 1 fully saturated rings. The molecule has 3 nitrogen and oxygen atoms in total. The second kappa shape index (κ2) is 7.55. The Morgan fingerprint density at radius 1 is 1.38 bits per heavy atom. The van der Waals surface area contributed by atoms with Crippen LogP contribution in [0, 0.1) is 11.7 Å². The Labute approximate surface area is 126 Å². The van der Waals surface area contributed by atoms with Crippen LogP contribution in [0.2, 0.25) is 0 Å². The number of rotatable bonds is 5. The van der Waals surface area contributed by atoms with E-state index in [-0.39, 0.29) is 23.7 Å². The van der Waals surface area contributed by atoms with Gasteiger partial charge < -0.3 is 4.74 Å². The van der Waals surface area contributed by atoms with Gasteiger partial charge in [0.15, 0.2) is 0 Å². The van der Waals surface area contributed by atoms with Crippen molar-refractivity contribution in [3.05, 3.63) is 35.6 Å². The number of hydrogen-bond donors (Lipinski definition) is 0. The first-order valence-electron chi connectivity index (χ1n) is 7.81. The molecule has 1 aromatic rings. The Kier molecular flexibility index (Phi) is 5.74. The molecule has 0 radical (unpaired) electrons. The maximum Gasteiger partial charge on any atom is 0.310 e. The molecule has 0 amide bonds. The van der Waals surface area contributed by atoms with Gasteiger partial charge in [0.05, 0.1) is 12.5 Å². The maximum absolute atomic E-state index is 13.1. The van der Waals surface area contributed by atoms with Crippen molar-refractivity contribution in [1.29, 1.82) is 0 Å². The van der Waals surface area contributed by atoms with E-state index in [1.165, 1.54) is 12.1 Å². The summed E-state index contributed by atoms with van der Waals surface area (Å²) in [5.41, 5.74) is 1.11. The van der Waals surface area contributed by atoms with Crippen LogP contribution in [0.15, 0.2) is 24.3 Å². The van der Waals surface area contributed by atoms with E-state index in [0.29, 0.717) is 6.61 Å². The van der Waals surface area contributed by atoms with Gasteiger partial charge in [-0.3, -0.25) is 9.69 Å². The van der Waals surface area contributed by atoms with Crippen molar-refractivity contribution in [1.82, 2.24) is 4.90 Å². The Balaban J connectivity index is 2.07. The molecule has 1 aliphatic rings. The van der Waals surface area contributed by atoms with Crippen LogP contribution in [0.4, 0.5) is 4.39 Å². The van der Waals surface area contributed by atoms with Crippen LogP contribution >= 0.6 is 0 Å². The Hall–Kier alpha value is -1.42. The number of hydrogen-bond acceptors (Lipinski definition) is 3. The summed E-state index contributed by atoms with van der Waals surface area (Å²) >= 11 is 0. The fraction of sp³-hybridized carbons (Fsp3) is 0.588. The monoisotopic (exact) mass is 293 g/mol. The fourth-order valence-electron chi connectivity index (χ4n) is 3.13. The van der Waals surface area contributed by atoms with Gasteiger partial charge in [0.2, 0.25) is 0 Å². The number of piperidine rings is 1. The van der Waals surface area contributed by atoms with Gasteiger partial charge in [-0.05, 0) is 50.4 Å². The summed E-state index contributed by atoms with van der Waals surface area (Å²) in [4.78, 5) is 14.3. The number of ether oxygens (including phenoxy) is 1. The number of carbonyl (C=O) groups excluding carboxylic acids is 1. The molecule has 116 valence electrons. The van der Waals surface area contributed by atoms with Crippen LogP contribution in [0.5, 0.6) is 0 Å². The predicted molar refractivity (Wildman–Crippen MR) is 80.4 cm³/mol. The van der Waals surface area contributed by atoms with Gasteiger partial charge in [-0.1, -0.05) is 19.1 Å². The number of carbonyl (C=O) groups is 1. The molecule has 0 saturated carbocycles. The minimum Gasteiger partial charge on any atom is -0.466 e. The van der Waals surface area contributed by atoms with Crippen molar-refractivity contribution < 1.29 is 13.9 Å². The topological polar surface area (TPSA) is 29.5 Å². The standard InChI is InChI=1S/C17H24FNO2/c1-3-16(13-7-9-15(18)10-8-13)19-11-5-6-14(12-19)17(20)21-4-2/h7-10,14,16H,3-6,11-12H2,1-2H3. The number of likely N-dealkylation sites (tertiary alicyclic amines) is 1. The van der Waals surface area contributed by atoms with Gasteiger partial charge >= 0.3 is 5.97 Å². The van der Waals surface area contributed by atoms with Gasteiger partial charge in [-0.15, -0.1) is 0 Å². The van der Waals surface area contributed by atoms with Crippen molar-refractivity contribution in [3.63, 3.8) is 0 Å². The summed E-state index contributed by atoms with van der Waals surface area (Å²) < 4.78 is 18.2. The zero-order chi connectivity index (χ0) is 15.2. The van der Waals surface area contributed by atoms with Gasteiger partial charge in [-0.25, -0.2) is 4.39 Å². The van der Waals surface area contributed by atoms with Crippen molar-refractivity contribution >= 4 is 5.97 Å². The molecule has 0 bridgehead atoms. The molecule has 0 aromatic heterocycles. The lowest BCUT2D eigenvalue weighted by molar-refractivity contribution is -0.150. The zero-order valence-electron chi connectivity index (χ0n) is 12.8. The third-order valence-corrected chi connectivity index (χ3v) is 4.15. The highest BCUT2D eigenvalue weighted by molar-refractivity contribution is 5.72. The van der Waals surface area contributed by atoms with E-state index in [1.807, 2.05) is 19.1 Å². The number of halogens is 1. The minimum atomic E-state index is -0.211. The molecule has 2 rings (SSSR count). The van der Waals surface area contributed by atoms with Gasteiger partial charge in [-0.2, -0.15) is 0 Å². The predicted octanol–water partition coefficient (Wildman–Crippen LogP) is 3.55. The molecule has 1 saturated heterocycles. The molecular weight excluding hydrogens is 269 g/mol. The highest BCUT2D eigenvalue weighted by atomic mass is 19.1. The average Bonchev–Trinajstić information content (AvgIpc) is 2.50. The maximum atomic E-state index is 13.1. The van der Waals surface area contributed by atoms with Crippen LogP contribution in [-0.4, -0.2) is 30.6 Å². The average molecular weight is 293 g/mol. The van der Waals surface area contributed by atoms with Crippen LogP contribution in [0.25, 0.3) is 0 Å². The summed E-state index contributed by atoms with van der Waals surface area (Å²) in [5, 5.41) is 0. The van der Waals surface area contributed by atoms with Crippen molar-refractivity contribution in [2.24, 2.45) is 5.92 Å². The van der Waals surface area contributed by atoms with Gasteiger partial charge in [0.1, 0.15) is 5.82 Å². The first-order valence-corrected chi connectivity index (χ1v) is 7.81. The first-order chi connectivity index (χ1) is 10.2. The number of nitrogens with zero attached hydrogens (tertiary/aromatic N) is 1. The number of benzene rings is 1. The second-order valence-electron chi connectivity index (χ2n) is 5.56. The highest BCUT2D eigenvalue weighted by Crippen LogP contribution is 2.29. The largest absolute Gasteiger partial charge is 0.466 e. The van der Waals surface area contributed by atoms with E-state index in [0.717, 1.165) is 37.9 Å². The van der Waals surface area contributed by atoms with E-state index in [4.69, 9.17) is 4.74 Å². The molecule has 1 heterocycles. The summed E-state index contributed by atoms with van der Waals surface area (Å²) in [6.07, 6.45) is 2.84. The van der Waals surface area contributed by atoms with Crippen LogP contribution in [0.1, 0.15) is 44.7 Å². The molecule has 4 heteroatoms. The van der Waals surface area contributed by atoms with Crippen molar-refractivity contribution in [2.75, 3.05) is 19.7 Å². The molecule has 0 spiro atoms. The van der Waals surface area contributed by atoms with Gasteiger partial charge in [0.25, 0.3) is 0 Å². The quantitative estimate of drug-likeness (QED) is 0.778. The second-order valence-corrected chi connectivity index (χ2v) is 5.56. The van der Waals surface area contributed by atoms with E-state index < -0.39 is 0 Å². The molecule has 2 atom stereocenters. The lowest BCUT2D eigenvalue weighted by Gasteiger charge is -2.37. The molecule has 21 heavy (non-hydrogen) atoms. The van der Waals surface area contributed by atoms with E-state index >= 15 is 0 Å². The summed E-state index contributed by atoms with van der Waals surface area (Å²) in [7, 11) is 0. The normalized spacial score (nSPS) is 21.0. The van der Waals surface area contributed by atoms with Crippen LogP contribution < -0.4 is 0 Å². The molecule has 0 aliphatic carbocycles. The summed E-state index contributed by atoms with van der Waals surface area (Å²) in [6.45, 7) is 6.11. The Bertz CT molecular complexity index is 460. The summed E-state index contributed by atoms with van der Waals surface area (Å²) in [6, 6.07) is 6.94. The van der Waals surface area contributed by atoms with Crippen LogP contribution in [0.3, 0.4) is 0 Å². The lowest BCUT2D eigenvalue weighted by atomic mass is 9.94. The molecule has 2 unspecified atom stereocenters. The van der Waals surface area contributed by atoms with E-state index in [9.17, 15) is 9.18 Å². The fourth-order valence-corrected chi connectivity index (χ4v) is 3.13. The third kappa shape index (κ3) is 4.03. The highest BCUT2D eigenvalue weighted by Gasteiger charge is 2.30. The first kappa shape index (κ1) is 16.0. The van der Waals surface area contributed by atoms with E-state index in [1.54, 1.807) is 0 Å².